The molecule has 1 saturated heterocycles. The van der Waals surface area contributed by atoms with Crippen molar-refractivity contribution in [3.63, 3.8) is 0 Å². The number of imidazole rings is 2. The Balaban J connectivity index is 0.00000129. The van der Waals surface area contributed by atoms with Crippen molar-refractivity contribution in [2.75, 3.05) is 52.2 Å². The first-order valence-electron chi connectivity index (χ1n) is 29.2. The second-order valence-corrected chi connectivity index (χ2v) is 24.5. The first kappa shape index (κ1) is 86.4. The quantitative estimate of drug-likeness (QED) is 0.0365. The van der Waals surface area contributed by atoms with Gasteiger partial charge in [-0.3, -0.25) is 9.13 Å². The third-order valence-corrected chi connectivity index (χ3v) is 15.3. The molecule has 2 fully saturated rings. The van der Waals surface area contributed by atoms with Crippen molar-refractivity contribution in [2.45, 2.75) is 108 Å². The summed E-state index contributed by atoms with van der Waals surface area (Å²) in [5.74, 6) is 0.659. The number of hydrogen-bond acceptors (Lipinski definition) is 14. The van der Waals surface area contributed by atoms with Crippen LogP contribution in [-0.4, -0.2) is 143 Å². The molecule has 2 aliphatic rings. The number of halogens is 3. The maximum atomic E-state index is 12.3. The van der Waals surface area contributed by atoms with Crippen molar-refractivity contribution in [1.29, 1.82) is 0 Å². The molecule has 23 heteroatoms. The standard InChI is InChI=1S/C25H21ClN2O4S.C25H21ClN2O3S.C4H7O.4C3H8O.C2H5.BrH.Mg.Ti/c1-3-32-25(29)23-16-28(24(27-23)21-9-4-5-10-22(21)26)19-13-11-17(12-14-19)18-7-6-8-20(15-18)33(2,30)31;1-32(30,31)20-6-4-5-18(15-20)17-9-11-19(12-10-17)28-16-23(25(29)13-14-25)27-24(28)21-7-2-3-8-22(21)26;1-2-4-5-3-1;4*1-2-3-4;1-2;;;/h4-16H,3H2,1-2H3;2-12,15-16,29H,13-14H2,1H3;3H,1-2,4H2;4*4H,2-3H2,1H3;1H2,2H3;1H;;/q;;-1;;;;;-1;;+2;/p-1. The molecule has 10 rings (SSSR count). The van der Waals surface area contributed by atoms with Crippen LogP contribution in [0.4, 0.5) is 0 Å². The van der Waals surface area contributed by atoms with Crippen molar-refractivity contribution >= 4 is 71.9 Å². The first-order valence-corrected chi connectivity index (χ1v) is 33.7. The molecular weight excluding hydrogens is 1350 g/mol. The summed E-state index contributed by atoms with van der Waals surface area (Å²) < 4.78 is 61.3. The van der Waals surface area contributed by atoms with E-state index in [0.29, 0.717) is 72.2 Å². The Kier molecular flexibility index (Phi) is 43.4. The summed E-state index contributed by atoms with van der Waals surface area (Å²) in [5.41, 5.74) is 6.41. The second-order valence-electron chi connectivity index (χ2n) is 19.6. The van der Waals surface area contributed by atoms with Gasteiger partial charge in [-0.05, 0) is 140 Å². The Morgan fingerprint density at radius 3 is 1.31 bits per heavy atom. The van der Waals surface area contributed by atoms with E-state index in [1.165, 1.54) is 18.9 Å². The predicted molar refractivity (Wildman–Crippen MR) is 360 cm³/mol. The summed E-state index contributed by atoms with van der Waals surface area (Å²) in [5, 5.41) is 43.2. The minimum Gasteiger partial charge on any atom is -1.00 e. The Labute approximate surface area is 591 Å². The van der Waals surface area contributed by atoms with Crippen LogP contribution >= 0.6 is 23.2 Å². The number of carbonyl (C=O) groups is 1. The van der Waals surface area contributed by atoms with Crippen LogP contribution in [-0.2, 0) is 56.5 Å². The SMILES string of the molecule is CCCO.CCCO.CCCO.CCCO.CCOC(=O)c1cn(-c2ccc(-c3cccc(S(C)(=O)=O)c3)cc2)c(-c2ccccc2Cl)n1.CS(=O)(=O)c1cccc(-c2ccc(-n3cc(C4(O)CC4)nc3-c3ccccc3Cl)cc2)c1.[Br-].[CH-]1CCCO1.[CH2-]C.[Mg+2].[Ti]. The van der Waals surface area contributed by atoms with Crippen molar-refractivity contribution in [3.8, 4) is 56.4 Å². The molecule has 0 radical (unpaired) electrons. The molecule has 0 spiro atoms. The number of aliphatic hydroxyl groups excluding tert-OH is 4. The van der Waals surface area contributed by atoms with Gasteiger partial charge in [-0.25, -0.2) is 38.2 Å². The minimum absolute atomic E-state index is 0. The second kappa shape index (κ2) is 45.7. The van der Waals surface area contributed by atoms with Crippen LogP contribution in [0, 0.1) is 13.5 Å². The number of carbonyl (C=O) groups excluding carboxylic acids is 1. The molecule has 5 N–H and O–H groups in total. The average molecular weight is 1440 g/mol. The monoisotopic (exact) mass is 1440 g/mol. The maximum absolute atomic E-state index is 12.3. The number of nitrogens with zero attached hydrogens (tertiary/aromatic N) is 4. The van der Waals surface area contributed by atoms with Crippen LogP contribution in [0.15, 0.2) is 168 Å². The smallest absolute Gasteiger partial charge is 1.00 e. The molecular formula is C68H86BrCl2MgN4O12S2Ti-. The van der Waals surface area contributed by atoms with Crippen LogP contribution in [0.1, 0.15) is 109 Å². The van der Waals surface area contributed by atoms with Crippen molar-refractivity contribution in [3.05, 3.63) is 193 Å². The van der Waals surface area contributed by atoms with E-state index in [0.717, 1.165) is 77.9 Å². The van der Waals surface area contributed by atoms with Gasteiger partial charge >= 0.3 is 29.0 Å². The summed E-state index contributed by atoms with van der Waals surface area (Å²) in [4.78, 5) is 22.1. The van der Waals surface area contributed by atoms with E-state index in [1.807, 2.05) is 148 Å². The van der Waals surface area contributed by atoms with Gasteiger partial charge in [-0.2, -0.15) is 13.3 Å². The van der Waals surface area contributed by atoms with Gasteiger partial charge in [0.2, 0.25) is 0 Å². The molecule has 8 aromatic rings. The zero-order valence-electron chi connectivity index (χ0n) is 53.2. The van der Waals surface area contributed by atoms with Gasteiger partial charge in [-0.15, -0.1) is 0 Å². The average Bonchev–Trinajstić information content (AvgIpc) is 1.78. The number of aromatic nitrogens is 4. The van der Waals surface area contributed by atoms with E-state index in [-0.39, 0.29) is 83.8 Å². The summed E-state index contributed by atoms with van der Waals surface area (Å²) in [7, 11) is -6.58. The fraction of sp³-hybridized carbons (Fsp3) is 0.338. The Bertz CT molecular complexity index is 3540. The van der Waals surface area contributed by atoms with E-state index < -0.39 is 31.2 Å². The van der Waals surface area contributed by atoms with Gasteiger partial charge in [0.25, 0.3) is 0 Å². The van der Waals surface area contributed by atoms with Crippen LogP contribution in [0.25, 0.3) is 56.4 Å². The van der Waals surface area contributed by atoms with E-state index in [4.69, 9.17) is 58.1 Å². The fourth-order valence-electron chi connectivity index (χ4n) is 7.58. The third kappa shape index (κ3) is 28.5. The van der Waals surface area contributed by atoms with E-state index >= 15 is 0 Å². The Morgan fingerprint density at radius 2 is 0.989 bits per heavy atom. The predicted octanol–water partition coefficient (Wildman–Crippen LogP) is 10.7. The molecule has 1 aliphatic heterocycles. The topological polar surface area (TPSA) is 241 Å². The number of sulfone groups is 2. The Morgan fingerprint density at radius 1 is 0.604 bits per heavy atom. The normalized spacial score (nSPS) is 12.1. The number of aliphatic hydroxyl groups is 5. The Hall–Kier alpha value is -4.59. The molecule has 0 atom stereocenters. The van der Waals surface area contributed by atoms with E-state index in [2.05, 4.69) is 11.9 Å². The molecule has 0 bridgehead atoms. The zero-order valence-corrected chi connectivity index (χ0v) is 60.9. The summed E-state index contributed by atoms with van der Waals surface area (Å²) >= 11 is 12.9. The minimum atomic E-state index is -3.30. The van der Waals surface area contributed by atoms with Crippen LogP contribution in [0.2, 0.25) is 10.0 Å². The molecule has 1 saturated carbocycles. The summed E-state index contributed by atoms with van der Waals surface area (Å²) in [6.45, 7) is 18.8. The molecule has 0 amide bonds. The largest absolute Gasteiger partial charge is 2.00 e. The van der Waals surface area contributed by atoms with Crippen molar-refractivity contribution in [1.82, 2.24) is 19.1 Å². The molecule has 16 nitrogen and oxygen atoms in total. The van der Waals surface area contributed by atoms with Gasteiger partial charge in [0.1, 0.15) is 17.2 Å². The van der Waals surface area contributed by atoms with Gasteiger partial charge < -0.3 is 58.9 Å². The molecule has 91 heavy (non-hydrogen) atoms. The first-order chi connectivity index (χ1) is 42.2. The van der Waals surface area contributed by atoms with Crippen LogP contribution in [0.3, 0.4) is 0 Å². The number of benzene rings is 6. The number of esters is 1. The number of rotatable bonds is 15. The molecule has 3 heterocycles. The fourth-order valence-corrected chi connectivity index (χ4v) is 9.35. The third-order valence-electron chi connectivity index (χ3n) is 12.4. The zero-order chi connectivity index (χ0) is 65.3. The summed E-state index contributed by atoms with van der Waals surface area (Å²) in [6, 6.07) is 43.8. The van der Waals surface area contributed by atoms with Gasteiger partial charge in [0.05, 0.1) is 32.1 Å². The summed E-state index contributed by atoms with van der Waals surface area (Å²) in [6.07, 6.45) is 13.1. The number of hydrogen-bond donors (Lipinski definition) is 5. The van der Waals surface area contributed by atoms with E-state index in [1.54, 1.807) is 67.1 Å². The van der Waals surface area contributed by atoms with Gasteiger partial charge in [0, 0.05) is 102 Å². The molecule has 0 unspecified atom stereocenters. The van der Waals surface area contributed by atoms with Gasteiger partial charge in [-0.1, -0.05) is 130 Å². The van der Waals surface area contributed by atoms with Gasteiger partial charge in [0.15, 0.2) is 25.4 Å². The molecule has 490 valence electrons. The van der Waals surface area contributed by atoms with Crippen molar-refractivity contribution < 1.29 is 95.3 Å². The number of ether oxygens (including phenoxy) is 2. The molecule has 2 aromatic heterocycles. The maximum Gasteiger partial charge on any atom is 2.00 e. The van der Waals surface area contributed by atoms with Crippen LogP contribution in [0.5, 0.6) is 0 Å². The molecule has 6 aromatic carbocycles. The molecule has 1 aliphatic carbocycles. The van der Waals surface area contributed by atoms with Crippen molar-refractivity contribution in [2.24, 2.45) is 0 Å². The van der Waals surface area contributed by atoms with E-state index in [9.17, 15) is 26.7 Å². The van der Waals surface area contributed by atoms with Crippen LogP contribution < -0.4 is 17.0 Å².